The highest BCUT2D eigenvalue weighted by molar-refractivity contribution is 4.75. The molecular weight excluding hydrogens is 396 g/mol. The van der Waals surface area contributed by atoms with E-state index in [1.165, 1.54) is 6.33 Å². The second-order valence-corrected chi connectivity index (χ2v) is 5.16. The zero-order valence-electron chi connectivity index (χ0n) is 14.4. The van der Waals surface area contributed by atoms with Gasteiger partial charge in [0.1, 0.15) is 57.5 Å². The lowest BCUT2D eigenvalue weighted by Crippen LogP contribution is -2.39. The van der Waals surface area contributed by atoms with Crippen LogP contribution in [-0.2, 0) is 36.9 Å². The van der Waals surface area contributed by atoms with E-state index in [2.05, 4.69) is 44.6 Å². The lowest BCUT2D eigenvalue weighted by Gasteiger charge is -2.23. The summed E-state index contributed by atoms with van der Waals surface area (Å²) in [5.74, 6) is 0.673. The number of H-pyrrole nitrogens is 2. The highest BCUT2D eigenvalue weighted by Gasteiger charge is 2.44. The lowest BCUT2D eigenvalue weighted by molar-refractivity contribution is -0.396. The van der Waals surface area contributed by atoms with Crippen LogP contribution < -0.4 is 0 Å². The Balaban J connectivity index is 1.51. The maximum Gasteiger partial charge on any atom is 0.383 e. The lowest BCUT2D eigenvalue weighted by atomic mass is 10.6. The molecule has 0 atom stereocenters. The SMILES string of the molecule is FC(F)(COCOCCOCc1ncn[nH]1)OC(F)(F)COCc1ncn[nH]1. The number of aromatic nitrogens is 6. The molecule has 0 saturated heterocycles. The van der Waals surface area contributed by atoms with Gasteiger partial charge in [0.15, 0.2) is 0 Å². The summed E-state index contributed by atoms with van der Waals surface area (Å²) in [6.45, 7) is -3.41. The molecule has 2 rings (SSSR count). The summed E-state index contributed by atoms with van der Waals surface area (Å²) in [6, 6.07) is 0. The standard InChI is InChI=1S/C13H18F4N6O5/c14-12(15,5-26-4-11-19-8-21-23-11)28-13(16,17)6-27-9-25-2-1-24-3-10-18-7-20-22-10/h7-8H,1-6,9H2,(H,18,20,22)(H,19,21,23). The van der Waals surface area contributed by atoms with Crippen LogP contribution in [0.2, 0.25) is 0 Å². The largest absolute Gasteiger partial charge is 0.383 e. The van der Waals surface area contributed by atoms with E-state index in [9.17, 15) is 17.6 Å². The number of alkyl halides is 4. The molecule has 15 heteroatoms. The predicted octanol–water partition coefficient (Wildman–Crippen LogP) is 0.849. The third-order valence-corrected chi connectivity index (χ3v) is 2.78. The molecule has 0 amide bonds. The highest BCUT2D eigenvalue weighted by atomic mass is 19.3. The van der Waals surface area contributed by atoms with Crippen molar-refractivity contribution in [2.45, 2.75) is 25.4 Å². The van der Waals surface area contributed by atoms with Crippen LogP contribution >= 0.6 is 0 Å². The summed E-state index contributed by atoms with van der Waals surface area (Å²) >= 11 is 0. The van der Waals surface area contributed by atoms with E-state index in [4.69, 9.17) is 9.47 Å². The number of ether oxygens (including phenoxy) is 5. The van der Waals surface area contributed by atoms with Crippen molar-refractivity contribution < 1.29 is 41.2 Å². The molecule has 11 nitrogen and oxygen atoms in total. The molecule has 28 heavy (non-hydrogen) atoms. The van der Waals surface area contributed by atoms with Crippen LogP contribution in [-0.4, -0.2) is 75.8 Å². The summed E-state index contributed by atoms with van der Waals surface area (Å²) in [7, 11) is 0. The minimum Gasteiger partial charge on any atom is -0.371 e. The highest BCUT2D eigenvalue weighted by Crippen LogP contribution is 2.27. The fourth-order valence-electron chi connectivity index (χ4n) is 1.71. The zero-order chi connectivity index (χ0) is 20.3. The molecule has 2 aromatic rings. The van der Waals surface area contributed by atoms with Gasteiger partial charge < -0.3 is 18.9 Å². The van der Waals surface area contributed by atoms with Crippen LogP contribution in [0.5, 0.6) is 0 Å². The smallest absolute Gasteiger partial charge is 0.371 e. The summed E-state index contributed by atoms with van der Waals surface area (Å²) in [4.78, 5) is 7.44. The average molecular weight is 414 g/mol. The number of hydrogen-bond acceptors (Lipinski definition) is 9. The molecular formula is C13H18F4N6O5. The first-order valence-corrected chi connectivity index (χ1v) is 7.82. The van der Waals surface area contributed by atoms with E-state index in [0.717, 1.165) is 6.33 Å². The molecule has 0 radical (unpaired) electrons. The Morgan fingerprint density at radius 3 is 1.86 bits per heavy atom. The quantitative estimate of drug-likeness (QED) is 0.247. The van der Waals surface area contributed by atoms with Crippen molar-refractivity contribution in [2.24, 2.45) is 0 Å². The molecule has 0 fully saturated rings. The normalized spacial score (nSPS) is 12.6. The van der Waals surface area contributed by atoms with E-state index < -0.39 is 32.2 Å². The van der Waals surface area contributed by atoms with Crippen molar-refractivity contribution in [3.05, 3.63) is 24.3 Å². The summed E-state index contributed by atoms with van der Waals surface area (Å²) in [5.41, 5.74) is 0. The van der Waals surface area contributed by atoms with Crippen molar-refractivity contribution in [1.29, 1.82) is 0 Å². The van der Waals surface area contributed by atoms with Crippen molar-refractivity contribution in [3.8, 4) is 0 Å². The minimum absolute atomic E-state index is 0.0339. The van der Waals surface area contributed by atoms with E-state index in [0.29, 0.717) is 5.82 Å². The molecule has 0 aliphatic rings. The summed E-state index contributed by atoms with van der Waals surface area (Å²) in [6.07, 6.45) is -6.02. The fraction of sp³-hybridized carbons (Fsp3) is 0.692. The van der Waals surface area contributed by atoms with Crippen LogP contribution in [0.4, 0.5) is 17.6 Å². The van der Waals surface area contributed by atoms with Gasteiger partial charge >= 0.3 is 12.2 Å². The average Bonchev–Trinajstić information content (AvgIpc) is 3.29. The number of aromatic amines is 2. The first-order valence-electron chi connectivity index (χ1n) is 7.82. The first-order chi connectivity index (χ1) is 13.4. The molecule has 0 spiro atoms. The molecule has 0 aliphatic carbocycles. The molecule has 0 aromatic carbocycles. The Morgan fingerprint density at radius 2 is 1.29 bits per heavy atom. The van der Waals surface area contributed by atoms with Crippen molar-refractivity contribution in [2.75, 3.05) is 33.2 Å². The summed E-state index contributed by atoms with van der Waals surface area (Å²) < 4.78 is 76.1. The molecule has 2 aromatic heterocycles. The predicted molar refractivity (Wildman–Crippen MR) is 79.8 cm³/mol. The van der Waals surface area contributed by atoms with Gasteiger partial charge in [-0.1, -0.05) is 0 Å². The van der Waals surface area contributed by atoms with Gasteiger partial charge in [-0.3, -0.25) is 14.9 Å². The maximum atomic E-state index is 13.4. The molecule has 2 heterocycles. The first kappa shape index (κ1) is 22.1. The number of hydrogen-bond donors (Lipinski definition) is 2. The fourth-order valence-corrected chi connectivity index (χ4v) is 1.71. The van der Waals surface area contributed by atoms with Gasteiger partial charge in [-0.25, -0.2) is 9.97 Å². The van der Waals surface area contributed by atoms with Crippen LogP contribution in [0.15, 0.2) is 12.7 Å². The van der Waals surface area contributed by atoms with Crippen LogP contribution in [0.25, 0.3) is 0 Å². The molecule has 0 unspecified atom stereocenters. The summed E-state index contributed by atoms with van der Waals surface area (Å²) in [5, 5.41) is 12.0. The van der Waals surface area contributed by atoms with Gasteiger partial charge in [0.25, 0.3) is 0 Å². The monoisotopic (exact) mass is 414 g/mol. The Hall–Kier alpha value is -2.20. The Morgan fingerprint density at radius 1 is 0.750 bits per heavy atom. The van der Waals surface area contributed by atoms with Crippen LogP contribution in [0, 0.1) is 0 Å². The van der Waals surface area contributed by atoms with E-state index >= 15 is 0 Å². The van der Waals surface area contributed by atoms with E-state index in [1.807, 2.05) is 0 Å². The molecule has 158 valence electrons. The minimum atomic E-state index is -4.24. The van der Waals surface area contributed by atoms with E-state index in [1.54, 1.807) is 0 Å². The van der Waals surface area contributed by atoms with Gasteiger partial charge in [0.05, 0.1) is 13.2 Å². The third kappa shape index (κ3) is 9.14. The van der Waals surface area contributed by atoms with Gasteiger partial charge in [-0.15, -0.1) is 0 Å². The van der Waals surface area contributed by atoms with Crippen molar-refractivity contribution in [3.63, 3.8) is 0 Å². The maximum absolute atomic E-state index is 13.4. The van der Waals surface area contributed by atoms with Crippen molar-refractivity contribution >= 4 is 0 Å². The topological polar surface area (TPSA) is 129 Å². The zero-order valence-corrected chi connectivity index (χ0v) is 14.4. The van der Waals surface area contributed by atoms with Crippen molar-refractivity contribution in [1.82, 2.24) is 30.4 Å². The molecule has 0 saturated carbocycles. The van der Waals surface area contributed by atoms with Gasteiger partial charge in [-0.2, -0.15) is 27.8 Å². The number of halogens is 4. The van der Waals surface area contributed by atoms with Gasteiger partial charge in [0.2, 0.25) is 0 Å². The third-order valence-electron chi connectivity index (χ3n) is 2.78. The van der Waals surface area contributed by atoms with Crippen LogP contribution in [0.1, 0.15) is 11.6 Å². The van der Waals surface area contributed by atoms with Crippen LogP contribution in [0.3, 0.4) is 0 Å². The number of rotatable bonds is 15. The Kier molecular flexibility index (Phi) is 8.65. The Labute approximate surface area is 155 Å². The molecule has 2 N–H and O–H groups in total. The number of nitrogens with one attached hydrogen (secondary N) is 2. The van der Waals surface area contributed by atoms with E-state index in [-0.39, 0.29) is 32.3 Å². The second-order valence-electron chi connectivity index (χ2n) is 5.16. The molecule has 0 bridgehead atoms. The number of nitrogens with zero attached hydrogens (tertiary/aromatic N) is 4. The van der Waals surface area contributed by atoms with Gasteiger partial charge in [0, 0.05) is 0 Å². The molecule has 0 aliphatic heterocycles. The second kappa shape index (κ2) is 11.0. The van der Waals surface area contributed by atoms with Gasteiger partial charge in [-0.05, 0) is 0 Å². The Bertz CT molecular complexity index is 646.